The first-order chi connectivity index (χ1) is 6.24. The van der Waals surface area contributed by atoms with Gasteiger partial charge in [0.15, 0.2) is 5.78 Å². The number of hydrogen-bond donors (Lipinski definition) is 0. The van der Waals surface area contributed by atoms with Crippen LogP contribution in [0, 0.1) is 0 Å². The molecule has 1 aromatic rings. The van der Waals surface area contributed by atoms with E-state index in [0.29, 0.717) is 0 Å². The normalized spacial score (nSPS) is 10.6. The highest BCUT2D eigenvalue weighted by atomic mass is 79.9. The molecule has 0 amide bonds. The molecule has 1 rings (SSSR count). The molecule has 0 spiro atoms. The van der Waals surface area contributed by atoms with Crippen molar-refractivity contribution in [2.75, 3.05) is 5.33 Å². The van der Waals surface area contributed by atoms with Gasteiger partial charge in [-0.15, -0.1) is 0 Å². The molecule has 0 saturated heterocycles. The molecule has 0 radical (unpaired) electrons. The van der Waals surface area contributed by atoms with Crippen molar-refractivity contribution < 1.29 is 4.79 Å². The van der Waals surface area contributed by atoms with Crippen molar-refractivity contribution in [1.82, 2.24) is 0 Å². The lowest BCUT2D eigenvalue weighted by Gasteiger charge is -1.95. The van der Waals surface area contributed by atoms with Gasteiger partial charge in [0.2, 0.25) is 0 Å². The number of allylic oxidation sites excluding steroid dienone is 1. The van der Waals surface area contributed by atoms with E-state index in [0.717, 1.165) is 16.5 Å². The zero-order valence-corrected chi connectivity index (χ0v) is 9.04. The molecule has 0 unspecified atom stereocenters. The molecule has 68 valence electrons. The van der Waals surface area contributed by atoms with Gasteiger partial charge >= 0.3 is 0 Å². The Balaban J connectivity index is 2.81. The third-order valence-corrected chi connectivity index (χ3v) is 2.09. The van der Waals surface area contributed by atoms with Crippen LogP contribution in [0.5, 0.6) is 0 Å². The summed E-state index contributed by atoms with van der Waals surface area (Å²) in [7, 11) is 0. The smallest absolute Gasteiger partial charge is 0.159 e. The lowest BCUT2D eigenvalue weighted by molar-refractivity contribution is 0.101. The number of rotatable bonds is 3. The Morgan fingerprint density at radius 2 is 2.00 bits per heavy atom. The van der Waals surface area contributed by atoms with E-state index in [4.69, 9.17) is 0 Å². The van der Waals surface area contributed by atoms with E-state index in [1.807, 2.05) is 36.4 Å². The Kier molecular flexibility index (Phi) is 3.90. The fourth-order valence-electron chi connectivity index (χ4n) is 1.01. The number of Topliss-reactive ketones (excluding diaryl/α,β-unsaturated/α-hetero) is 1. The van der Waals surface area contributed by atoms with E-state index >= 15 is 0 Å². The summed E-state index contributed by atoms with van der Waals surface area (Å²) in [6, 6.07) is 7.57. The molecule has 0 fully saturated rings. The van der Waals surface area contributed by atoms with E-state index < -0.39 is 0 Å². The Bertz CT molecular complexity index is 311. The fourth-order valence-corrected chi connectivity index (χ4v) is 1.20. The molecule has 0 aliphatic carbocycles. The van der Waals surface area contributed by atoms with Crippen molar-refractivity contribution in [3.05, 3.63) is 41.5 Å². The minimum absolute atomic E-state index is 0.107. The number of hydrogen-bond acceptors (Lipinski definition) is 1. The zero-order chi connectivity index (χ0) is 9.68. The summed E-state index contributed by atoms with van der Waals surface area (Å²) in [4.78, 5) is 10.9. The van der Waals surface area contributed by atoms with Gasteiger partial charge in [-0.3, -0.25) is 4.79 Å². The quantitative estimate of drug-likeness (QED) is 0.584. The van der Waals surface area contributed by atoms with Gasteiger partial charge in [-0.05, 0) is 12.5 Å². The average molecular weight is 239 g/mol. The molecule has 1 aromatic carbocycles. The maximum absolute atomic E-state index is 10.9. The zero-order valence-electron chi connectivity index (χ0n) is 7.46. The van der Waals surface area contributed by atoms with Crippen LogP contribution in [0.4, 0.5) is 0 Å². The van der Waals surface area contributed by atoms with Gasteiger partial charge in [0.05, 0.1) is 0 Å². The maximum atomic E-state index is 10.9. The van der Waals surface area contributed by atoms with Gasteiger partial charge in [0.1, 0.15) is 0 Å². The van der Waals surface area contributed by atoms with Crippen molar-refractivity contribution in [1.29, 1.82) is 0 Å². The molecule has 0 atom stereocenters. The van der Waals surface area contributed by atoms with Crippen LogP contribution in [0.2, 0.25) is 0 Å². The second-order valence-corrected chi connectivity index (χ2v) is 3.38. The van der Waals surface area contributed by atoms with Gasteiger partial charge in [-0.1, -0.05) is 52.3 Å². The maximum Gasteiger partial charge on any atom is 0.159 e. The SMILES string of the molecule is CC(=O)c1ccc(/C=C/CBr)cc1. The number of ketones is 1. The summed E-state index contributed by atoms with van der Waals surface area (Å²) in [5, 5.41) is 0.849. The summed E-state index contributed by atoms with van der Waals surface area (Å²) in [5.41, 5.74) is 1.88. The van der Waals surface area contributed by atoms with Crippen LogP contribution < -0.4 is 0 Å². The molecule has 0 N–H and O–H groups in total. The molecule has 13 heavy (non-hydrogen) atoms. The van der Waals surface area contributed by atoms with Crippen LogP contribution in [-0.4, -0.2) is 11.1 Å². The van der Waals surface area contributed by atoms with Crippen molar-refractivity contribution in [3.63, 3.8) is 0 Å². The molecule has 1 nitrogen and oxygen atoms in total. The Labute approximate surface area is 86.6 Å². The van der Waals surface area contributed by atoms with E-state index in [1.165, 1.54) is 0 Å². The summed E-state index contributed by atoms with van der Waals surface area (Å²) < 4.78 is 0. The van der Waals surface area contributed by atoms with Crippen molar-refractivity contribution in [3.8, 4) is 0 Å². The monoisotopic (exact) mass is 238 g/mol. The summed E-state index contributed by atoms with van der Waals surface area (Å²) in [5.74, 6) is 0.107. The Morgan fingerprint density at radius 3 is 2.46 bits per heavy atom. The van der Waals surface area contributed by atoms with Gasteiger partial charge in [0, 0.05) is 10.9 Å². The summed E-state index contributed by atoms with van der Waals surface area (Å²) >= 11 is 3.30. The lowest BCUT2D eigenvalue weighted by Crippen LogP contribution is -1.90. The van der Waals surface area contributed by atoms with E-state index in [-0.39, 0.29) is 5.78 Å². The first kappa shape index (κ1) is 10.2. The topological polar surface area (TPSA) is 17.1 Å². The Hall–Kier alpha value is -0.890. The molecular formula is C11H11BrO. The van der Waals surface area contributed by atoms with Crippen molar-refractivity contribution in [2.45, 2.75) is 6.92 Å². The molecule has 0 aromatic heterocycles. The second-order valence-electron chi connectivity index (χ2n) is 2.73. The van der Waals surface area contributed by atoms with Crippen molar-refractivity contribution in [2.24, 2.45) is 0 Å². The number of carbonyl (C=O) groups excluding carboxylic acids is 1. The lowest BCUT2D eigenvalue weighted by atomic mass is 10.1. The predicted octanol–water partition coefficient (Wildman–Crippen LogP) is 3.30. The highest BCUT2D eigenvalue weighted by Gasteiger charge is 1.96. The number of alkyl halides is 1. The molecule has 0 heterocycles. The van der Waals surface area contributed by atoms with Crippen LogP contribution in [-0.2, 0) is 0 Å². The fraction of sp³-hybridized carbons (Fsp3) is 0.182. The van der Waals surface area contributed by atoms with Crippen LogP contribution >= 0.6 is 15.9 Å². The highest BCUT2D eigenvalue weighted by molar-refractivity contribution is 9.09. The van der Waals surface area contributed by atoms with Gasteiger partial charge < -0.3 is 0 Å². The average Bonchev–Trinajstić information content (AvgIpc) is 2.15. The number of carbonyl (C=O) groups is 1. The third-order valence-electron chi connectivity index (χ3n) is 1.72. The standard InChI is InChI=1S/C11H11BrO/c1-9(13)11-6-4-10(5-7-11)3-2-8-12/h2-7H,8H2,1H3/b3-2+. The van der Waals surface area contributed by atoms with Crippen LogP contribution in [0.1, 0.15) is 22.8 Å². The van der Waals surface area contributed by atoms with E-state index in [1.54, 1.807) is 6.92 Å². The molecule has 0 aliphatic heterocycles. The number of halogens is 1. The van der Waals surface area contributed by atoms with Crippen LogP contribution in [0.15, 0.2) is 30.3 Å². The Morgan fingerprint density at radius 1 is 1.38 bits per heavy atom. The predicted molar refractivity (Wildman–Crippen MR) is 59.3 cm³/mol. The molecule has 0 aliphatic rings. The molecule has 0 saturated carbocycles. The summed E-state index contributed by atoms with van der Waals surface area (Å²) in [6.07, 6.45) is 4.03. The van der Waals surface area contributed by atoms with E-state index in [2.05, 4.69) is 15.9 Å². The highest BCUT2D eigenvalue weighted by Crippen LogP contribution is 2.06. The minimum Gasteiger partial charge on any atom is -0.295 e. The van der Waals surface area contributed by atoms with Gasteiger partial charge in [0.25, 0.3) is 0 Å². The van der Waals surface area contributed by atoms with E-state index in [9.17, 15) is 4.79 Å². The summed E-state index contributed by atoms with van der Waals surface area (Å²) in [6.45, 7) is 1.57. The first-order valence-electron chi connectivity index (χ1n) is 4.07. The van der Waals surface area contributed by atoms with Crippen LogP contribution in [0.25, 0.3) is 6.08 Å². The largest absolute Gasteiger partial charge is 0.295 e. The minimum atomic E-state index is 0.107. The number of benzene rings is 1. The molecule has 2 heteroatoms. The van der Waals surface area contributed by atoms with Gasteiger partial charge in [-0.2, -0.15) is 0 Å². The van der Waals surface area contributed by atoms with Crippen molar-refractivity contribution >= 4 is 27.8 Å². The third kappa shape index (κ3) is 3.15. The molecule has 0 bridgehead atoms. The second kappa shape index (κ2) is 4.97. The first-order valence-corrected chi connectivity index (χ1v) is 5.19. The molecular weight excluding hydrogens is 228 g/mol. The van der Waals surface area contributed by atoms with Gasteiger partial charge in [-0.25, -0.2) is 0 Å². The van der Waals surface area contributed by atoms with Crippen LogP contribution in [0.3, 0.4) is 0 Å².